The zero-order valence-electron chi connectivity index (χ0n) is 10.3. The van der Waals surface area contributed by atoms with Crippen molar-refractivity contribution in [2.45, 2.75) is 38.8 Å². The van der Waals surface area contributed by atoms with E-state index in [0.29, 0.717) is 19.7 Å². The molecule has 2 unspecified atom stereocenters. The van der Waals surface area contributed by atoms with E-state index in [1.165, 1.54) is 0 Å². The van der Waals surface area contributed by atoms with Crippen molar-refractivity contribution in [2.24, 2.45) is 0 Å². The molecule has 1 fully saturated rings. The summed E-state index contributed by atoms with van der Waals surface area (Å²) in [7, 11) is 0. The fourth-order valence-corrected chi connectivity index (χ4v) is 1.77. The Bertz CT molecular complexity index is 283. The van der Waals surface area contributed by atoms with Gasteiger partial charge < -0.3 is 20.1 Å². The molecule has 6 nitrogen and oxygen atoms in total. The molecule has 0 bridgehead atoms. The van der Waals surface area contributed by atoms with E-state index in [1.807, 2.05) is 6.92 Å². The minimum atomic E-state index is -0.911. The van der Waals surface area contributed by atoms with Gasteiger partial charge in [0.15, 0.2) is 0 Å². The second kappa shape index (κ2) is 6.44. The van der Waals surface area contributed by atoms with Gasteiger partial charge in [-0.2, -0.15) is 0 Å². The van der Waals surface area contributed by atoms with Crippen LogP contribution in [0.4, 0.5) is 4.79 Å². The molecule has 6 heteroatoms. The first-order chi connectivity index (χ1) is 8.02. The van der Waals surface area contributed by atoms with Crippen molar-refractivity contribution < 1.29 is 19.4 Å². The molecule has 1 aliphatic rings. The number of morpholine rings is 1. The number of carbonyl (C=O) groups is 2. The molecule has 2 atom stereocenters. The van der Waals surface area contributed by atoms with Gasteiger partial charge >= 0.3 is 12.0 Å². The van der Waals surface area contributed by atoms with Gasteiger partial charge in [-0.25, -0.2) is 4.79 Å². The van der Waals surface area contributed by atoms with Gasteiger partial charge in [-0.05, 0) is 13.3 Å². The summed E-state index contributed by atoms with van der Waals surface area (Å²) < 4.78 is 5.46. The molecular formula is C11H20N2O4. The highest BCUT2D eigenvalue weighted by atomic mass is 16.5. The first-order valence-electron chi connectivity index (χ1n) is 5.91. The molecule has 2 amide bonds. The standard InChI is InChI=1S/C11H20N2O4/c1-3-9-7-13(4-5-17-9)11(16)12-8(2)6-10(14)15/h8-9H,3-7H2,1-2H3,(H,12,16)(H,14,15). The molecule has 1 aliphatic heterocycles. The molecule has 0 aromatic heterocycles. The van der Waals surface area contributed by atoms with Gasteiger partial charge in [-0.3, -0.25) is 4.79 Å². The summed E-state index contributed by atoms with van der Waals surface area (Å²) in [6.45, 7) is 5.37. The summed E-state index contributed by atoms with van der Waals surface area (Å²) in [5.41, 5.74) is 0. The van der Waals surface area contributed by atoms with Crippen LogP contribution in [0.15, 0.2) is 0 Å². The number of nitrogens with zero attached hydrogens (tertiary/aromatic N) is 1. The van der Waals surface area contributed by atoms with Crippen LogP contribution in [-0.4, -0.2) is 53.8 Å². The van der Waals surface area contributed by atoms with Crippen LogP contribution in [-0.2, 0) is 9.53 Å². The number of urea groups is 1. The topological polar surface area (TPSA) is 78.9 Å². The summed E-state index contributed by atoms with van der Waals surface area (Å²) in [5.74, 6) is -0.911. The van der Waals surface area contributed by atoms with Crippen LogP contribution >= 0.6 is 0 Å². The number of aliphatic carboxylic acids is 1. The predicted octanol–water partition coefficient (Wildman–Crippen LogP) is 0.670. The van der Waals surface area contributed by atoms with Crippen LogP contribution in [0.1, 0.15) is 26.7 Å². The number of carbonyl (C=O) groups excluding carboxylic acids is 1. The first-order valence-corrected chi connectivity index (χ1v) is 5.91. The SMILES string of the molecule is CCC1CN(C(=O)NC(C)CC(=O)O)CCO1. The molecule has 0 aromatic rings. The predicted molar refractivity (Wildman–Crippen MR) is 61.9 cm³/mol. The average Bonchev–Trinajstić information content (AvgIpc) is 2.27. The number of carboxylic acid groups (broad SMARTS) is 1. The minimum absolute atomic E-state index is 0.0622. The van der Waals surface area contributed by atoms with Crippen molar-refractivity contribution in [2.75, 3.05) is 19.7 Å². The van der Waals surface area contributed by atoms with E-state index in [4.69, 9.17) is 9.84 Å². The third-order valence-corrected chi connectivity index (χ3v) is 2.73. The number of amides is 2. The lowest BCUT2D eigenvalue weighted by Crippen LogP contribution is -2.51. The van der Waals surface area contributed by atoms with Crippen molar-refractivity contribution in [1.29, 1.82) is 0 Å². The lowest BCUT2D eigenvalue weighted by molar-refractivity contribution is -0.137. The Labute approximate surface area is 101 Å². The maximum absolute atomic E-state index is 11.8. The van der Waals surface area contributed by atoms with E-state index in [0.717, 1.165) is 6.42 Å². The molecule has 0 radical (unpaired) electrons. The van der Waals surface area contributed by atoms with Crippen molar-refractivity contribution in [3.8, 4) is 0 Å². The monoisotopic (exact) mass is 244 g/mol. The Kier molecular flexibility index (Phi) is 5.21. The third kappa shape index (κ3) is 4.60. The number of hydrogen-bond acceptors (Lipinski definition) is 3. The number of ether oxygens (including phenoxy) is 1. The van der Waals surface area contributed by atoms with Gasteiger partial charge in [-0.1, -0.05) is 6.92 Å². The molecule has 0 aliphatic carbocycles. The van der Waals surface area contributed by atoms with E-state index in [1.54, 1.807) is 11.8 Å². The Morgan fingerprint density at radius 1 is 1.59 bits per heavy atom. The normalized spacial score (nSPS) is 22.0. The van der Waals surface area contributed by atoms with Crippen LogP contribution in [0.5, 0.6) is 0 Å². The van der Waals surface area contributed by atoms with Crippen LogP contribution < -0.4 is 5.32 Å². The molecule has 98 valence electrons. The third-order valence-electron chi connectivity index (χ3n) is 2.73. The molecule has 1 rings (SSSR count). The summed E-state index contributed by atoms with van der Waals surface area (Å²) in [5, 5.41) is 11.3. The van der Waals surface area contributed by atoms with Crippen LogP contribution in [0.3, 0.4) is 0 Å². The van der Waals surface area contributed by atoms with Crippen molar-refractivity contribution in [3.05, 3.63) is 0 Å². The van der Waals surface area contributed by atoms with E-state index >= 15 is 0 Å². The Morgan fingerprint density at radius 3 is 2.88 bits per heavy atom. The number of hydrogen-bond donors (Lipinski definition) is 2. The molecular weight excluding hydrogens is 224 g/mol. The molecule has 0 spiro atoms. The van der Waals surface area contributed by atoms with Crippen LogP contribution in [0, 0.1) is 0 Å². The largest absolute Gasteiger partial charge is 0.481 e. The van der Waals surface area contributed by atoms with Gasteiger partial charge in [0.25, 0.3) is 0 Å². The van der Waals surface area contributed by atoms with E-state index in [2.05, 4.69) is 5.32 Å². The van der Waals surface area contributed by atoms with Gasteiger partial charge in [0, 0.05) is 19.1 Å². The smallest absolute Gasteiger partial charge is 0.317 e. The van der Waals surface area contributed by atoms with Crippen LogP contribution in [0.25, 0.3) is 0 Å². The van der Waals surface area contributed by atoms with E-state index < -0.39 is 5.97 Å². The molecule has 17 heavy (non-hydrogen) atoms. The highest BCUT2D eigenvalue weighted by molar-refractivity contribution is 5.76. The molecule has 1 heterocycles. The van der Waals surface area contributed by atoms with E-state index in [9.17, 15) is 9.59 Å². The quantitative estimate of drug-likeness (QED) is 0.762. The summed E-state index contributed by atoms with van der Waals surface area (Å²) in [6.07, 6.45) is 0.895. The summed E-state index contributed by atoms with van der Waals surface area (Å²) in [6, 6.07) is -0.566. The van der Waals surface area contributed by atoms with Crippen molar-refractivity contribution in [1.82, 2.24) is 10.2 Å². The molecule has 1 saturated heterocycles. The van der Waals surface area contributed by atoms with Crippen LogP contribution in [0.2, 0.25) is 0 Å². The van der Waals surface area contributed by atoms with Gasteiger partial charge in [0.1, 0.15) is 0 Å². The molecule has 0 aromatic carbocycles. The van der Waals surface area contributed by atoms with Gasteiger partial charge in [0.05, 0.1) is 19.1 Å². The second-order valence-corrected chi connectivity index (χ2v) is 4.30. The lowest BCUT2D eigenvalue weighted by Gasteiger charge is -2.33. The van der Waals surface area contributed by atoms with E-state index in [-0.39, 0.29) is 24.6 Å². The fraction of sp³-hybridized carbons (Fsp3) is 0.818. The number of nitrogens with one attached hydrogen (secondary N) is 1. The zero-order chi connectivity index (χ0) is 12.8. The van der Waals surface area contributed by atoms with Crippen molar-refractivity contribution in [3.63, 3.8) is 0 Å². The maximum Gasteiger partial charge on any atom is 0.317 e. The van der Waals surface area contributed by atoms with Gasteiger partial charge in [0.2, 0.25) is 0 Å². The average molecular weight is 244 g/mol. The van der Waals surface area contributed by atoms with Gasteiger partial charge in [-0.15, -0.1) is 0 Å². The Hall–Kier alpha value is -1.30. The highest BCUT2D eigenvalue weighted by Crippen LogP contribution is 2.08. The Morgan fingerprint density at radius 2 is 2.29 bits per heavy atom. The zero-order valence-corrected chi connectivity index (χ0v) is 10.3. The number of carboxylic acids is 1. The number of rotatable bonds is 4. The Balaban J connectivity index is 2.38. The maximum atomic E-state index is 11.8. The first kappa shape index (κ1) is 13.8. The summed E-state index contributed by atoms with van der Waals surface area (Å²) in [4.78, 5) is 24.0. The second-order valence-electron chi connectivity index (χ2n) is 4.30. The minimum Gasteiger partial charge on any atom is -0.481 e. The summed E-state index contributed by atoms with van der Waals surface area (Å²) >= 11 is 0. The highest BCUT2D eigenvalue weighted by Gasteiger charge is 2.24. The molecule has 2 N–H and O–H groups in total. The van der Waals surface area contributed by atoms with Crippen molar-refractivity contribution >= 4 is 12.0 Å². The fourth-order valence-electron chi connectivity index (χ4n) is 1.77. The lowest BCUT2D eigenvalue weighted by atomic mass is 10.2. The molecule has 0 saturated carbocycles.